The molecule has 0 bridgehead atoms. The fraction of sp³-hybridized carbons (Fsp3) is 0.130. The summed E-state index contributed by atoms with van der Waals surface area (Å²) in [5.41, 5.74) is 8.29. The van der Waals surface area contributed by atoms with Gasteiger partial charge in [-0.2, -0.15) is 0 Å². The lowest BCUT2D eigenvalue weighted by molar-refractivity contribution is -0.121. The third-order valence-corrected chi connectivity index (χ3v) is 4.95. The van der Waals surface area contributed by atoms with Crippen molar-refractivity contribution in [2.24, 2.45) is 5.73 Å². The summed E-state index contributed by atoms with van der Waals surface area (Å²) < 4.78 is 5.67. The Morgan fingerprint density at radius 2 is 1.79 bits per heavy atom. The molecule has 0 fully saturated rings. The number of hydrogen-bond acceptors (Lipinski definition) is 3. The lowest BCUT2D eigenvalue weighted by Crippen LogP contribution is -2.28. The summed E-state index contributed by atoms with van der Waals surface area (Å²) in [6.07, 6.45) is 1.89. The number of carbonyl (C=O) groups excluding carboxylic acids is 2. The summed E-state index contributed by atoms with van der Waals surface area (Å²) in [4.78, 5) is 23.6. The molecule has 1 unspecified atom stereocenters. The Morgan fingerprint density at radius 3 is 2.55 bits per heavy atom. The normalized spacial score (nSPS) is 12.0. The minimum Gasteiger partial charge on any atom is -0.464 e. The highest BCUT2D eigenvalue weighted by Gasteiger charge is 2.15. The Labute approximate surface area is 167 Å². The van der Waals surface area contributed by atoms with Gasteiger partial charge < -0.3 is 20.8 Å². The molecule has 29 heavy (non-hydrogen) atoms. The molecule has 3 aromatic carbocycles. The van der Waals surface area contributed by atoms with E-state index in [9.17, 15) is 9.59 Å². The highest BCUT2D eigenvalue weighted by Crippen LogP contribution is 2.30. The highest BCUT2D eigenvalue weighted by molar-refractivity contribution is 6.08. The standard InChI is InChI=1S/C23H21N3O3/c1-14(15-6-9-18(10-7-15)26-23(24)28)25-21(27)12-17-13-29-20-11-8-16-4-2-3-5-19(16)22(17)20/h2-11,13-14H,12H2,1H3,(H,25,27)(H3,24,26,28). The quantitative estimate of drug-likeness (QED) is 0.470. The number of anilines is 1. The van der Waals surface area contributed by atoms with Crippen molar-refractivity contribution in [3.8, 4) is 0 Å². The zero-order valence-corrected chi connectivity index (χ0v) is 15.9. The lowest BCUT2D eigenvalue weighted by Gasteiger charge is -2.15. The number of hydrogen-bond donors (Lipinski definition) is 3. The van der Waals surface area contributed by atoms with Crippen LogP contribution in [-0.2, 0) is 11.2 Å². The van der Waals surface area contributed by atoms with Crippen LogP contribution in [-0.4, -0.2) is 11.9 Å². The second-order valence-electron chi connectivity index (χ2n) is 7.00. The van der Waals surface area contributed by atoms with Gasteiger partial charge in [0.15, 0.2) is 0 Å². The molecule has 1 aromatic heterocycles. The van der Waals surface area contributed by atoms with Gasteiger partial charge in [0.05, 0.1) is 18.7 Å². The van der Waals surface area contributed by atoms with Crippen molar-refractivity contribution in [3.05, 3.63) is 78.1 Å². The number of nitrogens with two attached hydrogens (primary N) is 1. The van der Waals surface area contributed by atoms with Gasteiger partial charge in [0.1, 0.15) is 5.58 Å². The van der Waals surface area contributed by atoms with Crippen molar-refractivity contribution in [2.45, 2.75) is 19.4 Å². The Balaban J connectivity index is 1.50. The smallest absolute Gasteiger partial charge is 0.316 e. The monoisotopic (exact) mass is 387 g/mol. The van der Waals surface area contributed by atoms with Crippen molar-refractivity contribution < 1.29 is 14.0 Å². The third-order valence-electron chi connectivity index (χ3n) is 4.95. The predicted molar refractivity (Wildman–Crippen MR) is 114 cm³/mol. The number of amides is 3. The number of benzene rings is 3. The number of primary amides is 1. The van der Waals surface area contributed by atoms with Gasteiger partial charge in [-0.15, -0.1) is 0 Å². The first-order chi connectivity index (χ1) is 14.0. The summed E-state index contributed by atoms with van der Waals surface area (Å²) in [6.45, 7) is 1.91. The van der Waals surface area contributed by atoms with Crippen LogP contribution in [0.4, 0.5) is 10.5 Å². The molecule has 3 amide bonds. The molecule has 6 nitrogen and oxygen atoms in total. The van der Waals surface area contributed by atoms with Gasteiger partial charge in [0.25, 0.3) is 0 Å². The van der Waals surface area contributed by atoms with Crippen LogP contribution in [0.5, 0.6) is 0 Å². The molecule has 4 rings (SSSR count). The fourth-order valence-electron chi connectivity index (χ4n) is 3.55. The van der Waals surface area contributed by atoms with Crippen LogP contribution in [0.2, 0.25) is 0 Å². The van der Waals surface area contributed by atoms with Crippen molar-refractivity contribution in [1.29, 1.82) is 0 Å². The first kappa shape index (κ1) is 18.6. The predicted octanol–water partition coefficient (Wildman–Crippen LogP) is 4.50. The van der Waals surface area contributed by atoms with Gasteiger partial charge in [-0.1, -0.05) is 42.5 Å². The van der Waals surface area contributed by atoms with Crippen molar-refractivity contribution in [2.75, 3.05) is 5.32 Å². The maximum absolute atomic E-state index is 12.7. The molecule has 0 saturated carbocycles. The molecule has 0 radical (unpaired) electrons. The maximum atomic E-state index is 12.7. The summed E-state index contributed by atoms with van der Waals surface area (Å²) in [7, 11) is 0. The van der Waals surface area contributed by atoms with E-state index in [1.807, 2.05) is 55.5 Å². The van der Waals surface area contributed by atoms with E-state index in [4.69, 9.17) is 10.2 Å². The average molecular weight is 387 g/mol. The van der Waals surface area contributed by atoms with E-state index in [0.29, 0.717) is 5.69 Å². The zero-order valence-electron chi connectivity index (χ0n) is 15.9. The van der Waals surface area contributed by atoms with Crippen LogP contribution in [0, 0.1) is 0 Å². The van der Waals surface area contributed by atoms with Crippen molar-refractivity contribution >= 4 is 39.4 Å². The molecule has 1 atom stereocenters. The van der Waals surface area contributed by atoms with Gasteiger partial charge in [-0.05, 0) is 41.5 Å². The SMILES string of the molecule is CC(NC(=O)Cc1coc2ccc3ccccc3c12)c1ccc(NC(N)=O)cc1. The number of nitrogens with one attached hydrogen (secondary N) is 2. The Bertz CT molecular complexity index is 1200. The summed E-state index contributed by atoms with van der Waals surface area (Å²) in [5, 5.41) is 8.70. The highest BCUT2D eigenvalue weighted by atomic mass is 16.3. The topological polar surface area (TPSA) is 97.4 Å². The van der Waals surface area contributed by atoms with Crippen LogP contribution >= 0.6 is 0 Å². The van der Waals surface area contributed by atoms with Crippen LogP contribution in [0.25, 0.3) is 21.7 Å². The molecular weight excluding hydrogens is 366 g/mol. The second kappa shape index (κ2) is 7.67. The second-order valence-corrected chi connectivity index (χ2v) is 7.00. The van der Waals surface area contributed by atoms with Crippen LogP contribution in [0.3, 0.4) is 0 Å². The summed E-state index contributed by atoms with van der Waals surface area (Å²) >= 11 is 0. The minimum atomic E-state index is -0.612. The first-order valence-electron chi connectivity index (χ1n) is 9.35. The lowest BCUT2D eigenvalue weighted by atomic mass is 10.0. The Kier molecular flexibility index (Phi) is 4.91. The number of rotatable bonds is 5. The van der Waals surface area contributed by atoms with Gasteiger partial charge >= 0.3 is 6.03 Å². The molecule has 6 heteroatoms. The molecule has 0 aliphatic heterocycles. The number of furan rings is 1. The van der Waals surface area contributed by atoms with Crippen LogP contribution in [0.15, 0.2) is 71.3 Å². The van der Waals surface area contributed by atoms with E-state index >= 15 is 0 Å². The number of carbonyl (C=O) groups is 2. The minimum absolute atomic E-state index is 0.0903. The molecular formula is C23H21N3O3. The van der Waals surface area contributed by atoms with Gasteiger partial charge in [-0.3, -0.25) is 4.79 Å². The molecule has 0 aliphatic rings. The average Bonchev–Trinajstić information content (AvgIpc) is 3.11. The van der Waals surface area contributed by atoms with E-state index in [-0.39, 0.29) is 18.4 Å². The number of urea groups is 1. The summed E-state index contributed by atoms with van der Waals surface area (Å²) in [6, 6.07) is 18.4. The van der Waals surface area contributed by atoms with Crippen LogP contribution < -0.4 is 16.4 Å². The van der Waals surface area contributed by atoms with Gasteiger partial charge in [0.2, 0.25) is 5.91 Å². The molecule has 0 spiro atoms. The zero-order chi connectivity index (χ0) is 20.4. The van der Waals surface area contributed by atoms with E-state index in [1.54, 1.807) is 18.4 Å². The van der Waals surface area contributed by atoms with Crippen LogP contribution in [0.1, 0.15) is 24.1 Å². The maximum Gasteiger partial charge on any atom is 0.316 e. The van der Waals surface area contributed by atoms with Gasteiger partial charge in [0, 0.05) is 16.6 Å². The van der Waals surface area contributed by atoms with E-state index < -0.39 is 6.03 Å². The Hall–Kier alpha value is -3.80. The first-order valence-corrected chi connectivity index (χ1v) is 9.35. The fourth-order valence-corrected chi connectivity index (χ4v) is 3.55. The van der Waals surface area contributed by atoms with E-state index in [0.717, 1.165) is 32.9 Å². The molecule has 1 heterocycles. The molecule has 146 valence electrons. The van der Waals surface area contributed by atoms with Crippen molar-refractivity contribution in [3.63, 3.8) is 0 Å². The molecule has 0 saturated heterocycles. The van der Waals surface area contributed by atoms with E-state index in [2.05, 4.69) is 10.6 Å². The van der Waals surface area contributed by atoms with Gasteiger partial charge in [-0.25, -0.2) is 4.79 Å². The van der Waals surface area contributed by atoms with E-state index in [1.165, 1.54) is 0 Å². The summed E-state index contributed by atoms with van der Waals surface area (Å²) in [5.74, 6) is -0.0903. The number of fused-ring (bicyclic) bond motifs is 3. The third kappa shape index (κ3) is 3.91. The molecule has 4 aromatic rings. The largest absolute Gasteiger partial charge is 0.464 e. The Morgan fingerprint density at radius 1 is 1.03 bits per heavy atom. The van der Waals surface area contributed by atoms with Crippen molar-refractivity contribution in [1.82, 2.24) is 5.32 Å². The molecule has 4 N–H and O–H groups in total. The molecule has 0 aliphatic carbocycles.